The number of hydrogen-bond acceptors (Lipinski definition) is 3. The average molecular weight is 231 g/mol. The van der Waals surface area contributed by atoms with Crippen LogP contribution in [0.5, 0.6) is 0 Å². The average Bonchev–Trinajstić information content (AvgIpc) is 2.32. The second kappa shape index (κ2) is 8.97. The summed E-state index contributed by atoms with van der Waals surface area (Å²) < 4.78 is 11.6. The Morgan fingerprint density at radius 2 is 1.75 bits per heavy atom. The van der Waals surface area contributed by atoms with Crippen molar-refractivity contribution < 1.29 is 9.47 Å². The van der Waals surface area contributed by atoms with Gasteiger partial charge in [0.1, 0.15) is 0 Å². The van der Waals surface area contributed by atoms with Gasteiger partial charge in [0.05, 0.1) is 18.2 Å². The van der Waals surface area contributed by atoms with Crippen LogP contribution in [0.25, 0.3) is 0 Å². The maximum atomic E-state index is 5.97. The molecule has 0 saturated carbocycles. The summed E-state index contributed by atoms with van der Waals surface area (Å²) in [5, 5.41) is 3.34. The van der Waals surface area contributed by atoms with Gasteiger partial charge in [0.25, 0.3) is 0 Å². The van der Waals surface area contributed by atoms with Crippen molar-refractivity contribution in [3.8, 4) is 0 Å². The molecule has 3 nitrogen and oxygen atoms in total. The first kappa shape index (κ1) is 15.9. The van der Waals surface area contributed by atoms with Gasteiger partial charge in [-0.15, -0.1) is 0 Å². The Bertz CT molecular complexity index is 158. The monoisotopic (exact) mass is 231 g/mol. The molecule has 98 valence electrons. The van der Waals surface area contributed by atoms with Gasteiger partial charge in [0.15, 0.2) is 0 Å². The Morgan fingerprint density at radius 3 is 2.12 bits per heavy atom. The van der Waals surface area contributed by atoms with Crippen LogP contribution >= 0.6 is 0 Å². The number of likely N-dealkylation sites (N-methyl/N-ethyl adjacent to an activating group) is 1. The van der Waals surface area contributed by atoms with Gasteiger partial charge in [-0.25, -0.2) is 0 Å². The zero-order valence-electron chi connectivity index (χ0n) is 11.6. The standard InChI is InChI=1S/C13H29NO2/c1-6-10-15-11-12(14-5)13(7-2,8-3)16-9-4/h12,14H,6-11H2,1-5H3. The van der Waals surface area contributed by atoms with E-state index in [0.29, 0.717) is 0 Å². The van der Waals surface area contributed by atoms with Crippen LogP contribution < -0.4 is 5.32 Å². The minimum atomic E-state index is -0.0861. The van der Waals surface area contributed by atoms with E-state index in [4.69, 9.17) is 9.47 Å². The summed E-state index contributed by atoms with van der Waals surface area (Å²) >= 11 is 0. The minimum Gasteiger partial charge on any atom is -0.380 e. The summed E-state index contributed by atoms with van der Waals surface area (Å²) in [5.41, 5.74) is -0.0861. The molecule has 0 radical (unpaired) electrons. The van der Waals surface area contributed by atoms with E-state index in [1.165, 1.54) is 0 Å². The Labute approximate surface area is 101 Å². The third-order valence-electron chi connectivity index (χ3n) is 3.25. The van der Waals surface area contributed by atoms with E-state index in [0.717, 1.165) is 39.1 Å². The van der Waals surface area contributed by atoms with E-state index in [2.05, 4.69) is 33.0 Å². The van der Waals surface area contributed by atoms with Crippen molar-refractivity contribution in [3.63, 3.8) is 0 Å². The molecule has 0 aromatic heterocycles. The third kappa shape index (κ3) is 4.40. The molecule has 0 aliphatic rings. The zero-order valence-corrected chi connectivity index (χ0v) is 11.6. The van der Waals surface area contributed by atoms with Crippen molar-refractivity contribution in [2.24, 2.45) is 0 Å². The van der Waals surface area contributed by atoms with Gasteiger partial charge in [0.2, 0.25) is 0 Å². The van der Waals surface area contributed by atoms with Crippen LogP contribution in [-0.4, -0.2) is 38.5 Å². The van der Waals surface area contributed by atoms with E-state index in [1.54, 1.807) is 0 Å². The first-order chi connectivity index (χ1) is 7.70. The molecule has 1 N–H and O–H groups in total. The van der Waals surface area contributed by atoms with Crippen LogP contribution in [0, 0.1) is 0 Å². The molecule has 0 fully saturated rings. The molecule has 0 aromatic rings. The van der Waals surface area contributed by atoms with Gasteiger partial charge >= 0.3 is 0 Å². The number of nitrogens with one attached hydrogen (secondary N) is 1. The van der Waals surface area contributed by atoms with Gasteiger partial charge < -0.3 is 14.8 Å². The van der Waals surface area contributed by atoms with Crippen molar-refractivity contribution in [1.29, 1.82) is 0 Å². The first-order valence-electron chi connectivity index (χ1n) is 6.59. The molecule has 0 amide bonds. The molecule has 16 heavy (non-hydrogen) atoms. The number of rotatable bonds is 10. The van der Waals surface area contributed by atoms with Crippen molar-refractivity contribution in [1.82, 2.24) is 5.32 Å². The topological polar surface area (TPSA) is 30.5 Å². The number of ether oxygens (including phenoxy) is 2. The maximum Gasteiger partial charge on any atom is 0.0851 e. The van der Waals surface area contributed by atoms with Crippen LogP contribution in [0.3, 0.4) is 0 Å². The largest absolute Gasteiger partial charge is 0.380 e. The molecule has 0 aromatic carbocycles. The lowest BCUT2D eigenvalue weighted by atomic mass is 9.88. The highest BCUT2D eigenvalue weighted by Crippen LogP contribution is 2.25. The lowest BCUT2D eigenvalue weighted by Crippen LogP contribution is -2.53. The van der Waals surface area contributed by atoms with Crippen LogP contribution in [0.1, 0.15) is 47.0 Å². The van der Waals surface area contributed by atoms with Crippen LogP contribution in [-0.2, 0) is 9.47 Å². The van der Waals surface area contributed by atoms with E-state index in [1.807, 2.05) is 7.05 Å². The molecule has 0 spiro atoms. The molecule has 0 aliphatic carbocycles. The van der Waals surface area contributed by atoms with E-state index in [9.17, 15) is 0 Å². The highest BCUT2D eigenvalue weighted by molar-refractivity contribution is 4.90. The summed E-state index contributed by atoms with van der Waals surface area (Å²) in [5.74, 6) is 0. The summed E-state index contributed by atoms with van der Waals surface area (Å²) in [6, 6.07) is 0.272. The van der Waals surface area contributed by atoms with Crippen molar-refractivity contribution in [2.75, 3.05) is 26.9 Å². The van der Waals surface area contributed by atoms with Crippen LogP contribution in [0.2, 0.25) is 0 Å². The number of hydrogen-bond donors (Lipinski definition) is 1. The fourth-order valence-electron chi connectivity index (χ4n) is 2.18. The van der Waals surface area contributed by atoms with Crippen molar-refractivity contribution >= 4 is 0 Å². The Balaban J connectivity index is 4.43. The smallest absolute Gasteiger partial charge is 0.0851 e. The molecular weight excluding hydrogens is 202 g/mol. The van der Waals surface area contributed by atoms with E-state index >= 15 is 0 Å². The lowest BCUT2D eigenvalue weighted by Gasteiger charge is -2.39. The summed E-state index contributed by atoms with van der Waals surface area (Å²) in [6.45, 7) is 10.9. The molecule has 1 atom stereocenters. The fourth-order valence-corrected chi connectivity index (χ4v) is 2.18. The van der Waals surface area contributed by atoms with E-state index in [-0.39, 0.29) is 11.6 Å². The fraction of sp³-hybridized carbons (Fsp3) is 1.00. The third-order valence-corrected chi connectivity index (χ3v) is 3.25. The zero-order chi connectivity index (χ0) is 12.4. The molecule has 3 heteroatoms. The van der Waals surface area contributed by atoms with Gasteiger partial charge in [-0.3, -0.25) is 0 Å². The first-order valence-corrected chi connectivity index (χ1v) is 6.59. The van der Waals surface area contributed by atoms with Crippen molar-refractivity contribution in [3.05, 3.63) is 0 Å². The molecule has 0 bridgehead atoms. The highest BCUT2D eigenvalue weighted by atomic mass is 16.5. The molecule has 0 rings (SSSR count). The van der Waals surface area contributed by atoms with Gasteiger partial charge in [-0.2, -0.15) is 0 Å². The molecule has 1 unspecified atom stereocenters. The van der Waals surface area contributed by atoms with Crippen LogP contribution in [0.4, 0.5) is 0 Å². The van der Waals surface area contributed by atoms with Gasteiger partial charge in [-0.05, 0) is 33.2 Å². The summed E-state index contributed by atoms with van der Waals surface area (Å²) in [7, 11) is 1.99. The molecule has 0 heterocycles. The highest BCUT2D eigenvalue weighted by Gasteiger charge is 2.35. The predicted octanol–water partition coefficient (Wildman–Crippen LogP) is 2.60. The Hall–Kier alpha value is -0.120. The summed E-state index contributed by atoms with van der Waals surface area (Å²) in [4.78, 5) is 0. The SMILES string of the molecule is CCCOCC(NC)C(CC)(CC)OCC. The molecular formula is C13H29NO2. The predicted molar refractivity (Wildman–Crippen MR) is 68.9 cm³/mol. The molecule has 0 saturated heterocycles. The second-order valence-electron chi connectivity index (χ2n) is 4.12. The minimum absolute atomic E-state index is 0.0861. The Kier molecular flexibility index (Phi) is 8.90. The van der Waals surface area contributed by atoms with E-state index < -0.39 is 0 Å². The quantitative estimate of drug-likeness (QED) is 0.586. The van der Waals surface area contributed by atoms with Gasteiger partial charge in [0, 0.05) is 13.2 Å². The lowest BCUT2D eigenvalue weighted by molar-refractivity contribution is -0.0880. The molecule has 0 aliphatic heterocycles. The Morgan fingerprint density at radius 1 is 1.12 bits per heavy atom. The normalized spacial score (nSPS) is 14.1. The summed E-state index contributed by atoms with van der Waals surface area (Å²) in [6.07, 6.45) is 3.09. The van der Waals surface area contributed by atoms with Crippen LogP contribution in [0.15, 0.2) is 0 Å². The second-order valence-corrected chi connectivity index (χ2v) is 4.12. The van der Waals surface area contributed by atoms with Gasteiger partial charge in [-0.1, -0.05) is 20.8 Å². The maximum absolute atomic E-state index is 5.97. The van der Waals surface area contributed by atoms with Crippen molar-refractivity contribution in [2.45, 2.75) is 58.6 Å².